The molecule has 8 nitrogen and oxygen atoms in total. The van der Waals surface area contributed by atoms with Crippen LogP contribution in [0.5, 0.6) is 0 Å². The van der Waals surface area contributed by atoms with Gasteiger partial charge in [-0.2, -0.15) is 0 Å². The van der Waals surface area contributed by atoms with E-state index in [1.807, 2.05) is 35.8 Å². The van der Waals surface area contributed by atoms with Crippen molar-refractivity contribution in [1.82, 2.24) is 14.4 Å². The number of carbonyl (C=O) groups is 3. The van der Waals surface area contributed by atoms with Gasteiger partial charge in [0, 0.05) is 49.8 Å². The number of carbonyl (C=O) groups excluding carboxylic acids is 3. The van der Waals surface area contributed by atoms with Crippen molar-refractivity contribution >= 4 is 28.7 Å². The standard InChI is InChI=1S/C22H23N3O5/c1-2-23-14-17(16-6-3-4-7-18(16)23)22(28)30-15-20(26)24-9-11-25(12-10-24)21(27)19-8-5-13-29-19/h3-8,13-14H,2,9-12,15H2,1H3. The summed E-state index contributed by atoms with van der Waals surface area (Å²) in [5.74, 6) is -0.688. The van der Waals surface area contributed by atoms with E-state index in [0.29, 0.717) is 31.7 Å². The summed E-state index contributed by atoms with van der Waals surface area (Å²) in [6.07, 6.45) is 3.22. The lowest BCUT2D eigenvalue weighted by molar-refractivity contribution is -0.136. The van der Waals surface area contributed by atoms with Crippen molar-refractivity contribution in [2.45, 2.75) is 13.5 Å². The third-order valence-electron chi connectivity index (χ3n) is 5.33. The van der Waals surface area contributed by atoms with Crippen molar-refractivity contribution in [3.63, 3.8) is 0 Å². The van der Waals surface area contributed by atoms with Crippen LogP contribution in [0.15, 0.2) is 53.3 Å². The van der Waals surface area contributed by atoms with E-state index in [0.717, 1.165) is 17.4 Å². The summed E-state index contributed by atoms with van der Waals surface area (Å²) in [7, 11) is 0. The van der Waals surface area contributed by atoms with Crippen LogP contribution >= 0.6 is 0 Å². The molecular weight excluding hydrogens is 386 g/mol. The number of piperazine rings is 1. The number of furan rings is 1. The first-order valence-electron chi connectivity index (χ1n) is 9.94. The van der Waals surface area contributed by atoms with Crippen LogP contribution in [0.3, 0.4) is 0 Å². The number of benzene rings is 1. The van der Waals surface area contributed by atoms with E-state index < -0.39 is 5.97 Å². The number of fused-ring (bicyclic) bond motifs is 1. The highest BCUT2D eigenvalue weighted by atomic mass is 16.5. The minimum Gasteiger partial charge on any atom is -0.459 e. The first kappa shape index (κ1) is 19.8. The quantitative estimate of drug-likeness (QED) is 0.604. The van der Waals surface area contributed by atoms with Gasteiger partial charge in [-0.15, -0.1) is 0 Å². The summed E-state index contributed by atoms with van der Waals surface area (Å²) in [5, 5.41) is 0.807. The molecule has 1 fully saturated rings. The summed E-state index contributed by atoms with van der Waals surface area (Å²) in [5.41, 5.74) is 1.41. The number of para-hydroxylation sites is 1. The van der Waals surface area contributed by atoms with Crippen LogP contribution < -0.4 is 0 Å². The van der Waals surface area contributed by atoms with Gasteiger partial charge in [0.1, 0.15) is 0 Å². The largest absolute Gasteiger partial charge is 0.459 e. The van der Waals surface area contributed by atoms with Gasteiger partial charge in [-0.05, 0) is 25.1 Å². The molecule has 0 N–H and O–H groups in total. The van der Waals surface area contributed by atoms with Gasteiger partial charge in [0.25, 0.3) is 11.8 Å². The van der Waals surface area contributed by atoms with Crippen molar-refractivity contribution in [1.29, 1.82) is 0 Å². The summed E-state index contributed by atoms with van der Waals surface area (Å²) >= 11 is 0. The highest BCUT2D eigenvalue weighted by Crippen LogP contribution is 2.22. The number of hydrogen-bond acceptors (Lipinski definition) is 5. The third-order valence-corrected chi connectivity index (χ3v) is 5.33. The molecule has 1 saturated heterocycles. The van der Waals surface area contributed by atoms with Gasteiger partial charge in [0.15, 0.2) is 12.4 Å². The Hall–Kier alpha value is -3.55. The Morgan fingerprint density at radius 1 is 1.00 bits per heavy atom. The number of aromatic nitrogens is 1. The molecule has 0 spiro atoms. The number of esters is 1. The number of ether oxygens (including phenoxy) is 1. The molecule has 0 saturated carbocycles. The number of nitrogens with zero attached hydrogens (tertiary/aromatic N) is 3. The van der Waals surface area contributed by atoms with Gasteiger partial charge in [0.2, 0.25) is 0 Å². The predicted molar refractivity (Wildman–Crippen MR) is 109 cm³/mol. The van der Waals surface area contributed by atoms with E-state index in [2.05, 4.69) is 0 Å². The molecule has 156 valence electrons. The molecule has 1 aromatic carbocycles. The fraction of sp³-hybridized carbons (Fsp3) is 0.318. The molecular formula is C22H23N3O5. The maximum atomic E-state index is 12.6. The average molecular weight is 409 g/mol. The maximum absolute atomic E-state index is 12.6. The lowest BCUT2D eigenvalue weighted by Gasteiger charge is -2.34. The second kappa shape index (κ2) is 8.44. The van der Waals surface area contributed by atoms with Crippen LogP contribution in [-0.4, -0.2) is 64.9 Å². The molecule has 2 amide bonds. The molecule has 4 rings (SSSR count). The molecule has 2 aromatic heterocycles. The molecule has 3 aromatic rings. The molecule has 0 aliphatic carbocycles. The number of hydrogen-bond donors (Lipinski definition) is 0. The van der Waals surface area contributed by atoms with Crippen LogP contribution in [0, 0.1) is 0 Å². The summed E-state index contributed by atoms with van der Waals surface area (Å²) in [4.78, 5) is 40.6. The van der Waals surface area contributed by atoms with Crippen LogP contribution in [-0.2, 0) is 16.1 Å². The Kier molecular flexibility index (Phi) is 5.56. The minimum absolute atomic E-state index is 0.189. The highest BCUT2D eigenvalue weighted by Gasteiger charge is 2.27. The van der Waals surface area contributed by atoms with Gasteiger partial charge >= 0.3 is 5.97 Å². The lowest BCUT2D eigenvalue weighted by Crippen LogP contribution is -2.51. The van der Waals surface area contributed by atoms with Crippen molar-refractivity contribution < 1.29 is 23.5 Å². The first-order chi connectivity index (χ1) is 14.6. The number of aryl methyl sites for hydroxylation is 1. The Labute approximate surface area is 173 Å². The van der Waals surface area contributed by atoms with E-state index >= 15 is 0 Å². The van der Waals surface area contributed by atoms with Crippen molar-refractivity contribution in [3.05, 3.63) is 60.2 Å². The van der Waals surface area contributed by atoms with Gasteiger partial charge in [-0.1, -0.05) is 18.2 Å². The second-order valence-electron chi connectivity index (χ2n) is 7.07. The summed E-state index contributed by atoms with van der Waals surface area (Å²) < 4.78 is 12.4. The molecule has 0 atom stereocenters. The van der Waals surface area contributed by atoms with Crippen molar-refractivity contribution in [2.24, 2.45) is 0 Å². The van der Waals surface area contributed by atoms with Crippen LogP contribution in [0.1, 0.15) is 27.8 Å². The Bertz CT molecular complexity index is 1060. The summed E-state index contributed by atoms with van der Waals surface area (Å²) in [6.45, 7) is 3.99. The van der Waals surface area contributed by atoms with E-state index in [1.165, 1.54) is 6.26 Å². The van der Waals surface area contributed by atoms with Gasteiger partial charge in [0.05, 0.1) is 11.8 Å². The highest BCUT2D eigenvalue weighted by molar-refractivity contribution is 6.04. The first-order valence-corrected chi connectivity index (χ1v) is 9.94. The molecule has 0 bridgehead atoms. The average Bonchev–Trinajstić information content (AvgIpc) is 3.45. The fourth-order valence-corrected chi connectivity index (χ4v) is 3.68. The zero-order chi connectivity index (χ0) is 21.1. The topological polar surface area (TPSA) is 85.0 Å². The zero-order valence-electron chi connectivity index (χ0n) is 16.7. The predicted octanol–water partition coefficient (Wildman–Crippen LogP) is 2.40. The number of rotatable bonds is 5. The van der Waals surface area contributed by atoms with E-state index in [9.17, 15) is 14.4 Å². The molecule has 0 radical (unpaired) electrons. The Morgan fingerprint density at radius 2 is 1.73 bits per heavy atom. The summed E-state index contributed by atoms with van der Waals surface area (Å²) in [6, 6.07) is 10.9. The number of amides is 2. The van der Waals surface area contributed by atoms with Crippen molar-refractivity contribution in [3.8, 4) is 0 Å². The smallest absolute Gasteiger partial charge is 0.340 e. The van der Waals surface area contributed by atoms with Gasteiger partial charge in [-0.3, -0.25) is 9.59 Å². The van der Waals surface area contributed by atoms with Crippen LogP contribution in [0.25, 0.3) is 10.9 Å². The fourth-order valence-electron chi connectivity index (χ4n) is 3.68. The van der Waals surface area contributed by atoms with Crippen LogP contribution in [0.2, 0.25) is 0 Å². The molecule has 3 heterocycles. The Morgan fingerprint density at radius 3 is 2.43 bits per heavy atom. The third kappa shape index (κ3) is 3.80. The minimum atomic E-state index is -0.515. The van der Waals surface area contributed by atoms with E-state index in [1.54, 1.807) is 28.1 Å². The SMILES string of the molecule is CCn1cc(C(=O)OCC(=O)N2CCN(C(=O)c3ccco3)CC2)c2ccccc21. The molecule has 0 unspecified atom stereocenters. The normalized spacial score (nSPS) is 14.2. The van der Waals surface area contributed by atoms with Crippen molar-refractivity contribution in [2.75, 3.05) is 32.8 Å². The van der Waals surface area contributed by atoms with Gasteiger partial charge in [-0.25, -0.2) is 4.79 Å². The molecule has 1 aliphatic rings. The lowest BCUT2D eigenvalue weighted by atomic mass is 10.2. The molecule has 1 aliphatic heterocycles. The molecule has 30 heavy (non-hydrogen) atoms. The zero-order valence-corrected chi connectivity index (χ0v) is 16.7. The molecule has 8 heteroatoms. The van der Waals surface area contributed by atoms with Gasteiger partial charge < -0.3 is 23.5 Å². The van der Waals surface area contributed by atoms with E-state index in [4.69, 9.17) is 9.15 Å². The van der Waals surface area contributed by atoms with Crippen LogP contribution in [0.4, 0.5) is 0 Å². The maximum Gasteiger partial charge on any atom is 0.340 e. The Balaban J connectivity index is 1.32. The second-order valence-corrected chi connectivity index (χ2v) is 7.07. The van der Waals surface area contributed by atoms with E-state index in [-0.39, 0.29) is 24.2 Å². The monoisotopic (exact) mass is 409 g/mol.